The largest absolute Gasteiger partial charge is 0.477 e. The maximum atomic E-state index is 12.8. The van der Waals surface area contributed by atoms with Gasteiger partial charge in [-0.1, -0.05) is 189 Å². The van der Waals surface area contributed by atoms with Gasteiger partial charge < -0.3 is 23.8 Å². The van der Waals surface area contributed by atoms with E-state index in [1.807, 2.05) is 21.1 Å². The van der Waals surface area contributed by atoms with Gasteiger partial charge in [0, 0.05) is 19.3 Å². The molecule has 0 aromatic heterocycles. The molecule has 0 aliphatic rings. The van der Waals surface area contributed by atoms with Crippen LogP contribution in [0.5, 0.6) is 0 Å². The van der Waals surface area contributed by atoms with Crippen molar-refractivity contribution < 1.29 is 38.2 Å². The van der Waals surface area contributed by atoms with E-state index in [0.29, 0.717) is 19.3 Å². The number of hydrogen-bond donors (Lipinski definition) is 1. The number of carbonyl (C=O) groups is 3. The van der Waals surface area contributed by atoms with Crippen molar-refractivity contribution in [1.82, 2.24) is 0 Å². The van der Waals surface area contributed by atoms with Crippen molar-refractivity contribution >= 4 is 17.9 Å². The molecular weight excluding hydrogens is 799 g/mol. The quantitative estimate of drug-likeness (QED) is 0.0214. The Morgan fingerprint density at radius 2 is 0.922 bits per heavy atom. The Labute approximate surface area is 393 Å². The van der Waals surface area contributed by atoms with Gasteiger partial charge in [0.15, 0.2) is 12.1 Å². The molecule has 2 unspecified atom stereocenters. The zero-order valence-electron chi connectivity index (χ0n) is 42.0. The molecule has 0 heterocycles. The normalized spacial score (nSPS) is 13.5. The summed E-state index contributed by atoms with van der Waals surface area (Å²) in [6.45, 7) is 4.61. The van der Waals surface area contributed by atoms with E-state index in [0.717, 1.165) is 89.9 Å². The van der Waals surface area contributed by atoms with E-state index >= 15 is 0 Å². The highest BCUT2D eigenvalue weighted by atomic mass is 16.6. The molecule has 0 radical (unpaired) electrons. The predicted molar refractivity (Wildman–Crippen MR) is 270 cm³/mol. The number of likely N-dealkylation sites (N-methyl/N-ethyl adjacent to an activating group) is 1. The van der Waals surface area contributed by atoms with Crippen LogP contribution >= 0.6 is 0 Å². The maximum absolute atomic E-state index is 12.8. The lowest BCUT2D eigenvalue weighted by Crippen LogP contribution is -2.50. The van der Waals surface area contributed by atoms with Crippen molar-refractivity contribution in [3.8, 4) is 0 Å². The number of unbranched alkanes of at least 4 members (excludes halogenated alkanes) is 21. The molecule has 8 nitrogen and oxygen atoms in total. The molecule has 0 fully saturated rings. The highest BCUT2D eigenvalue weighted by molar-refractivity contribution is 5.72. The number of nitrogens with zero attached hydrogens (tertiary/aromatic N) is 1. The van der Waals surface area contributed by atoms with Crippen LogP contribution in [0.3, 0.4) is 0 Å². The third-order valence-electron chi connectivity index (χ3n) is 11.4. The zero-order chi connectivity index (χ0) is 47.0. The van der Waals surface area contributed by atoms with E-state index in [1.165, 1.54) is 89.9 Å². The molecule has 0 aromatic carbocycles. The highest BCUT2D eigenvalue weighted by Crippen LogP contribution is 2.15. The van der Waals surface area contributed by atoms with Crippen LogP contribution in [0.2, 0.25) is 0 Å². The minimum Gasteiger partial charge on any atom is -0.477 e. The van der Waals surface area contributed by atoms with Gasteiger partial charge in [-0.3, -0.25) is 9.59 Å². The van der Waals surface area contributed by atoms with Gasteiger partial charge in [0.2, 0.25) is 0 Å². The Morgan fingerprint density at radius 3 is 1.39 bits per heavy atom. The molecule has 0 rings (SSSR count). The van der Waals surface area contributed by atoms with Crippen LogP contribution in [0, 0.1) is 0 Å². The number of ether oxygens (including phenoxy) is 3. The van der Waals surface area contributed by atoms with Gasteiger partial charge in [0.25, 0.3) is 0 Å². The van der Waals surface area contributed by atoms with E-state index in [2.05, 4.69) is 86.8 Å². The van der Waals surface area contributed by atoms with Crippen LogP contribution in [-0.2, 0) is 28.6 Å². The first kappa shape index (κ1) is 60.8. The lowest BCUT2D eigenvalue weighted by atomic mass is 10.1. The Kier molecular flexibility index (Phi) is 44.0. The van der Waals surface area contributed by atoms with Gasteiger partial charge in [0.05, 0.1) is 34.4 Å². The molecule has 0 bridgehead atoms. The van der Waals surface area contributed by atoms with Gasteiger partial charge in [0.1, 0.15) is 6.61 Å². The first-order valence-corrected chi connectivity index (χ1v) is 26.0. The fourth-order valence-electron chi connectivity index (χ4n) is 7.37. The predicted octanol–water partition coefficient (Wildman–Crippen LogP) is 15.1. The maximum Gasteiger partial charge on any atom is 0.362 e. The molecule has 0 amide bonds. The molecule has 368 valence electrons. The van der Waals surface area contributed by atoms with Gasteiger partial charge in [-0.15, -0.1) is 0 Å². The summed E-state index contributed by atoms with van der Waals surface area (Å²) >= 11 is 0. The second-order valence-corrected chi connectivity index (χ2v) is 18.4. The van der Waals surface area contributed by atoms with Gasteiger partial charge in [-0.2, -0.15) is 0 Å². The minimum absolute atomic E-state index is 0.0510. The second-order valence-electron chi connectivity index (χ2n) is 18.4. The van der Waals surface area contributed by atoms with Crippen LogP contribution in [0.25, 0.3) is 0 Å². The lowest BCUT2D eigenvalue weighted by Gasteiger charge is -2.31. The molecule has 0 spiro atoms. The first-order chi connectivity index (χ1) is 31.1. The first-order valence-electron chi connectivity index (χ1n) is 26.0. The number of quaternary nitrogens is 1. The summed E-state index contributed by atoms with van der Waals surface area (Å²) in [5.41, 5.74) is 0. The summed E-state index contributed by atoms with van der Waals surface area (Å²) in [5.74, 6) is -1.49. The molecule has 0 aliphatic heterocycles. The smallest absolute Gasteiger partial charge is 0.362 e. The van der Waals surface area contributed by atoms with Crippen molar-refractivity contribution in [3.63, 3.8) is 0 Å². The third-order valence-corrected chi connectivity index (χ3v) is 11.4. The number of carboxylic acid groups (broad SMARTS) is 1. The van der Waals surface area contributed by atoms with Crippen LogP contribution in [-0.4, -0.2) is 80.6 Å². The van der Waals surface area contributed by atoms with E-state index in [9.17, 15) is 19.5 Å². The Hall–Kier alpha value is -3.23. The molecule has 0 aliphatic carbocycles. The Morgan fingerprint density at radius 1 is 0.500 bits per heavy atom. The number of aliphatic carboxylic acids is 1. The number of esters is 2. The standard InChI is InChI=1S/C56H97NO7/c1-6-8-10-12-14-16-18-20-22-24-26-27-28-29-31-33-35-37-39-41-43-45-47-55(59)64-52(50-62-49-48-53(56(60)61)57(3,4)5)51-63-54(58)46-44-42-40-38-36-34-32-30-25-23-21-19-17-15-13-11-9-7-2/h8,10,14,16,20,22-23,25-27,30,32,52-53H,6-7,9,11-13,15,17-19,21,24,28-29,31,33-51H2,1-5H3/p+1/b10-8+,16-14+,22-20+,25-23+,27-26+,32-30+. The molecule has 64 heavy (non-hydrogen) atoms. The summed E-state index contributed by atoms with van der Waals surface area (Å²) in [7, 11) is 5.53. The summed E-state index contributed by atoms with van der Waals surface area (Å²) < 4.78 is 17.3. The average Bonchev–Trinajstić information content (AvgIpc) is 3.26. The number of rotatable bonds is 46. The van der Waals surface area contributed by atoms with Crippen LogP contribution in [0.4, 0.5) is 0 Å². The minimum atomic E-state index is -0.879. The summed E-state index contributed by atoms with van der Waals surface area (Å²) in [5, 5.41) is 9.66. The monoisotopic (exact) mass is 897 g/mol. The Bertz CT molecular complexity index is 1270. The van der Waals surface area contributed by atoms with Crippen LogP contribution < -0.4 is 0 Å². The van der Waals surface area contributed by atoms with Crippen molar-refractivity contribution in [1.29, 1.82) is 0 Å². The summed E-state index contributed by atoms with van der Waals surface area (Å²) in [6.07, 6.45) is 59.5. The van der Waals surface area contributed by atoms with Gasteiger partial charge in [-0.25, -0.2) is 4.79 Å². The van der Waals surface area contributed by atoms with Gasteiger partial charge in [-0.05, 0) is 77.0 Å². The van der Waals surface area contributed by atoms with E-state index in [1.54, 1.807) is 0 Å². The highest BCUT2D eigenvalue weighted by Gasteiger charge is 2.31. The summed E-state index contributed by atoms with van der Waals surface area (Å²) in [6, 6.07) is -0.622. The van der Waals surface area contributed by atoms with Crippen LogP contribution in [0.15, 0.2) is 72.9 Å². The van der Waals surface area contributed by atoms with Crippen molar-refractivity contribution in [3.05, 3.63) is 72.9 Å². The van der Waals surface area contributed by atoms with Crippen molar-refractivity contribution in [2.75, 3.05) is 41.0 Å². The molecule has 8 heteroatoms. The fraction of sp³-hybridized carbons (Fsp3) is 0.732. The molecule has 2 atom stereocenters. The molecule has 0 saturated heterocycles. The Balaban J connectivity index is 4.29. The second kappa shape index (κ2) is 46.3. The summed E-state index contributed by atoms with van der Waals surface area (Å²) in [4.78, 5) is 37.2. The average molecular weight is 897 g/mol. The fourth-order valence-corrected chi connectivity index (χ4v) is 7.37. The number of carboxylic acids is 1. The van der Waals surface area contributed by atoms with E-state index in [4.69, 9.17) is 14.2 Å². The van der Waals surface area contributed by atoms with E-state index < -0.39 is 18.1 Å². The molecular formula is C56H98NO7+. The van der Waals surface area contributed by atoms with Crippen LogP contribution in [0.1, 0.15) is 213 Å². The van der Waals surface area contributed by atoms with E-state index in [-0.39, 0.29) is 36.2 Å². The van der Waals surface area contributed by atoms with Crippen molar-refractivity contribution in [2.24, 2.45) is 0 Å². The number of carbonyl (C=O) groups excluding carboxylic acids is 2. The molecule has 1 N–H and O–H groups in total. The lowest BCUT2D eigenvalue weighted by molar-refractivity contribution is -0.887. The molecule has 0 aromatic rings. The van der Waals surface area contributed by atoms with Crippen molar-refractivity contribution in [2.45, 2.75) is 225 Å². The third kappa shape index (κ3) is 44.0. The topological polar surface area (TPSA) is 99.1 Å². The SMILES string of the molecule is CC/C=C/C/C=C/C/C=C/C/C=C/CCCCCCCCCCCC(=O)OC(COCCC(C(=O)O)[N+](C)(C)C)COC(=O)CCCCCCC/C=C/C=C/CCCCCCCCC. The van der Waals surface area contributed by atoms with Gasteiger partial charge >= 0.3 is 17.9 Å². The zero-order valence-corrected chi connectivity index (χ0v) is 42.0. The molecule has 0 saturated carbocycles. The number of allylic oxidation sites excluding steroid dienone is 12. The number of hydrogen-bond acceptors (Lipinski definition) is 6.